The van der Waals surface area contributed by atoms with Crippen molar-refractivity contribution in [2.24, 2.45) is 0 Å². The lowest BCUT2D eigenvalue weighted by atomic mass is 10.1. The first-order chi connectivity index (χ1) is 16.0. The van der Waals surface area contributed by atoms with Gasteiger partial charge in [-0.2, -0.15) is 0 Å². The first kappa shape index (κ1) is 21.4. The van der Waals surface area contributed by atoms with E-state index >= 15 is 0 Å². The molecule has 0 bridgehead atoms. The second-order valence-electron chi connectivity index (χ2n) is 7.78. The summed E-state index contributed by atoms with van der Waals surface area (Å²) in [5, 5.41) is 0.983. The quantitative estimate of drug-likeness (QED) is 0.450. The summed E-state index contributed by atoms with van der Waals surface area (Å²) in [6.07, 6.45) is 1.77. The molecule has 5 rings (SSSR count). The van der Waals surface area contributed by atoms with Crippen molar-refractivity contribution in [3.8, 4) is 5.69 Å². The summed E-state index contributed by atoms with van der Waals surface area (Å²) in [4.78, 5) is 37.8. The Bertz CT molecular complexity index is 1460. The van der Waals surface area contributed by atoms with Gasteiger partial charge in [-0.15, -0.1) is 0 Å². The maximum Gasteiger partial charge on any atom is 0.266 e. The van der Waals surface area contributed by atoms with Gasteiger partial charge < -0.3 is 14.8 Å². The van der Waals surface area contributed by atoms with E-state index in [1.54, 1.807) is 48.7 Å². The van der Waals surface area contributed by atoms with Crippen LogP contribution in [0.5, 0.6) is 0 Å². The summed E-state index contributed by atoms with van der Waals surface area (Å²) in [6.45, 7) is 2.60. The number of nitrogens with zero attached hydrogens (tertiary/aromatic N) is 4. The third-order valence-electron chi connectivity index (χ3n) is 5.75. The molecule has 0 spiro atoms. The number of aromatic nitrogens is 3. The normalized spacial score (nSPS) is 14.0. The Kier molecular flexibility index (Phi) is 5.70. The number of carbonyl (C=O) groups is 1. The highest BCUT2D eigenvalue weighted by molar-refractivity contribution is 7.71. The second-order valence-corrected chi connectivity index (χ2v) is 8.60. The molecule has 0 radical (unpaired) electrons. The zero-order valence-corrected chi connectivity index (χ0v) is 19.1. The van der Waals surface area contributed by atoms with Crippen LogP contribution in [0.15, 0.2) is 71.7 Å². The number of hydrogen-bond donors (Lipinski definition) is 1. The van der Waals surface area contributed by atoms with Gasteiger partial charge in [0.2, 0.25) is 0 Å². The van der Waals surface area contributed by atoms with Crippen molar-refractivity contribution in [1.29, 1.82) is 0 Å². The fourth-order valence-electron chi connectivity index (χ4n) is 4.06. The van der Waals surface area contributed by atoms with Gasteiger partial charge in [-0.05, 0) is 60.7 Å². The summed E-state index contributed by atoms with van der Waals surface area (Å²) in [5.74, 6) is 0.839. The molecule has 1 N–H and O–H groups in total. The van der Waals surface area contributed by atoms with Crippen LogP contribution in [0.2, 0.25) is 5.02 Å². The first-order valence-corrected chi connectivity index (χ1v) is 11.3. The van der Waals surface area contributed by atoms with Crippen LogP contribution in [0.1, 0.15) is 10.4 Å². The molecule has 4 aromatic rings. The minimum absolute atomic E-state index is 0.0759. The molecule has 2 aromatic heterocycles. The van der Waals surface area contributed by atoms with E-state index < -0.39 is 0 Å². The largest absolute Gasteiger partial charge is 0.353 e. The number of anilines is 1. The van der Waals surface area contributed by atoms with Crippen molar-refractivity contribution in [3.05, 3.63) is 92.6 Å². The maximum atomic E-state index is 13.2. The van der Waals surface area contributed by atoms with E-state index in [1.807, 2.05) is 23.1 Å². The third-order valence-corrected chi connectivity index (χ3v) is 6.27. The highest BCUT2D eigenvalue weighted by Gasteiger charge is 2.23. The van der Waals surface area contributed by atoms with Crippen molar-refractivity contribution in [3.63, 3.8) is 0 Å². The van der Waals surface area contributed by atoms with E-state index in [-0.39, 0.29) is 16.2 Å². The Morgan fingerprint density at radius 3 is 2.58 bits per heavy atom. The third kappa shape index (κ3) is 4.15. The molecular formula is C24H20ClN5O2S. The number of piperazine rings is 1. The fraction of sp³-hybridized carbons (Fsp3) is 0.167. The minimum Gasteiger partial charge on any atom is -0.353 e. The van der Waals surface area contributed by atoms with Gasteiger partial charge in [0.15, 0.2) is 4.77 Å². The van der Waals surface area contributed by atoms with Crippen LogP contribution in [-0.2, 0) is 0 Å². The SMILES string of the molecule is O=C(c1cccc(-n2c(=S)[nH]c3cc(Cl)ccc3c2=O)c1)N1CCN(c2ccccn2)CC1. The highest BCUT2D eigenvalue weighted by atomic mass is 35.5. The van der Waals surface area contributed by atoms with Gasteiger partial charge in [0, 0.05) is 43.0 Å². The van der Waals surface area contributed by atoms with E-state index in [0.29, 0.717) is 53.4 Å². The molecule has 0 unspecified atom stereocenters. The molecule has 1 aliphatic heterocycles. The predicted molar refractivity (Wildman–Crippen MR) is 132 cm³/mol. The van der Waals surface area contributed by atoms with Crippen LogP contribution in [0, 0.1) is 4.77 Å². The average Bonchev–Trinajstić information content (AvgIpc) is 2.84. The fourth-order valence-corrected chi connectivity index (χ4v) is 4.54. The number of aromatic amines is 1. The van der Waals surface area contributed by atoms with Crippen LogP contribution >= 0.6 is 23.8 Å². The molecule has 2 aromatic carbocycles. The van der Waals surface area contributed by atoms with Gasteiger partial charge in [-0.1, -0.05) is 23.7 Å². The predicted octanol–water partition coefficient (Wildman–Crippen LogP) is 4.06. The molecule has 9 heteroatoms. The lowest BCUT2D eigenvalue weighted by Crippen LogP contribution is -2.49. The molecule has 0 aliphatic carbocycles. The number of nitrogens with one attached hydrogen (secondary N) is 1. The Balaban J connectivity index is 1.41. The van der Waals surface area contributed by atoms with E-state index in [0.717, 1.165) is 5.82 Å². The van der Waals surface area contributed by atoms with Crippen LogP contribution in [0.25, 0.3) is 16.6 Å². The molecule has 33 heavy (non-hydrogen) atoms. The van der Waals surface area contributed by atoms with Crippen molar-refractivity contribution >= 4 is 46.4 Å². The standard InChI is InChI=1S/C24H20ClN5O2S/c25-17-7-8-19-20(15-17)27-24(33)30(23(19)32)18-5-3-4-16(14-18)22(31)29-12-10-28(11-13-29)21-6-1-2-9-26-21/h1-9,14-15H,10-13H2,(H,27,33). The number of halogens is 1. The van der Waals surface area contributed by atoms with Gasteiger partial charge in [-0.25, -0.2) is 4.98 Å². The number of H-pyrrole nitrogens is 1. The van der Waals surface area contributed by atoms with E-state index in [1.165, 1.54) is 4.57 Å². The monoisotopic (exact) mass is 477 g/mol. The molecule has 1 aliphatic rings. The first-order valence-electron chi connectivity index (χ1n) is 10.5. The smallest absolute Gasteiger partial charge is 0.266 e. The minimum atomic E-state index is -0.265. The summed E-state index contributed by atoms with van der Waals surface area (Å²) >= 11 is 11.5. The molecule has 1 amide bonds. The lowest BCUT2D eigenvalue weighted by Gasteiger charge is -2.35. The van der Waals surface area contributed by atoms with Gasteiger partial charge in [0.05, 0.1) is 16.6 Å². The summed E-state index contributed by atoms with van der Waals surface area (Å²) in [7, 11) is 0. The van der Waals surface area contributed by atoms with Gasteiger partial charge >= 0.3 is 0 Å². The second kappa shape index (κ2) is 8.80. The molecule has 1 fully saturated rings. The summed E-state index contributed by atoms with van der Waals surface area (Å²) in [5.41, 5.74) is 1.36. The van der Waals surface area contributed by atoms with Gasteiger partial charge in [-0.3, -0.25) is 14.2 Å². The molecule has 0 atom stereocenters. The van der Waals surface area contributed by atoms with Crippen molar-refractivity contribution < 1.29 is 4.79 Å². The highest BCUT2D eigenvalue weighted by Crippen LogP contribution is 2.18. The molecule has 7 nitrogen and oxygen atoms in total. The van der Waals surface area contributed by atoms with E-state index in [2.05, 4.69) is 14.9 Å². The van der Waals surface area contributed by atoms with Crippen LogP contribution in [-0.4, -0.2) is 51.5 Å². The Hall–Kier alpha value is -3.49. The van der Waals surface area contributed by atoms with Crippen LogP contribution < -0.4 is 10.5 Å². The van der Waals surface area contributed by atoms with Crippen molar-refractivity contribution in [2.45, 2.75) is 0 Å². The number of rotatable bonds is 3. The molecular weight excluding hydrogens is 458 g/mol. The van der Waals surface area contributed by atoms with Gasteiger partial charge in [0.1, 0.15) is 5.82 Å². The zero-order valence-electron chi connectivity index (χ0n) is 17.6. The van der Waals surface area contributed by atoms with E-state index in [9.17, 15) is 9.59 Å². The molecule has 1 saturated heterocycles. The van der Waals surface area contributed by atoms with Crippen molar-refractivity contribution in [1.82, 2.24) is 19.4 Å². The Labute approximate surface area is 199 Å². The number of fused-ring (bicyclic) bond motifs is 1. The molecule has 0 saturated carbocycles. The number of carbonyl (C=O) groups excluding carboxylic acids is 1. The summed E-state index contributed by atoms with van der Waals surface area (Å²) in [6, 6.07) is 17.8. The van der Waals surface area contributed by atoms with E-state index in [4.69, 9.17) is 23.8 Å². The lowest BCUT2D eigenvalue weighted by molar-refractivity contribution is 0.0746. The topological polar surface area (TPSA) is 74.2 Å². The Morgan fingerprint density at radius 1 is 1.00 bits per heavy atom. The molecule has 166 valence electrons. The zero-order chi connectivity index (χ0) is 22.9. The number of hydrogen-bond acceptors (Lipinski definition) is 5. The summed E-state index contributed by atoms with van der Waals surface area (Å²) < 4.78 is 1.64. The molecule has 3 heterocycles. The Morgan fingerprint density at radius 2 is 1.82 bits per heavy atom. The number of pyridine rings is 1. The maximum absolute atomic E-state index is 13.2. The van der Waals surface area contributed by atoms with Crippen molar-refractivity contribution in [2.75, 3.05) is 31.1 Å². The number of amides is 1. The average molecular weight is 478 g/mol. The van der Waals surface area contributed by atoms with Crippen LogP contribution in [0.4, 0.5) is 5.82 Å². The van der Waals surface area contributed by atoms with Crippen LogP contribution in [0.3, 0.4) is 0 Å². The van der Waals surface area contributed by atoms with Gasteiger partial charge in [0.25, 0.3) is 11.5 Å². The number of benzene rings is 2.